The van der Waals surface area contributed by atoms with E-state index in [0.717, 1.165) is 55.5 Å². The third-order valence-corrected chi connectivity index (χ3v) is 6.07. The van der Waals surface area contributed by atoms with Gasteiger partial charge in [0.05, 0.1) is 17.2 Å². The molecule has 2 aliphatic carbocycles. The van der Waals surface area contributed by atoms with Crippen LogP contribution in [0.5, 0.6) is 0 Å². The molecule has 6 heteroatoms. The van der Waals surface area contributed by atoms with Crippen LogP contribution in [0, 0.1) is 5.92 Å². The van der Waals surface area contributed by atoms with Gasteiger partial charge < -0.3 is 9.64 Å². The van der Waals surface area contributed by atoms with Gasteiger partial charge in [0, 0.05) is 38.9 Å². The zero-order valence-electron chi connectivity index (χ0n) is 16.3. The number of piperazine rings is 1. The molecule has 0 bridgehead atoms. The average Bonchev–Trinajstić information content (AvgIpc) is 3.52. The minimum Gasteiger partial charge on any atom is -0.404 e. The predicted octanol–water partition coefficient (Wildman–Crippen LogP) is 2.56. The Morgan fingerprint density at radius 3 is 2.82 bits per heavy atom. The smallest absolute Gasteiger partial charge is 0.343 e. The van der Waals surface area contributed by atoms with Crippen LogP contribution in [0.25, 0.3) is 0 Å². The quantitative estimate of drug-likeness (QED) is 0.754. The number of carbonyl (C=O) groups excluding carboxylic acids is 1. The van der Waals surface area contributed by atoms with Crippen molar-refractivity contribution in [2.24, 2.45) is 10.9 Å². The fraction of sp³-hybridized carbons (Fsp3) is 0.500. The van der Waals surface area contributed by atoms with Gasteiger partial charge in [0.2, 0.25) is 5.90 Å². The van der Waals surface area contributed by atoms with Gasteiger partial charge in [0.1, 0.15) is 5.82 Å². The summed E-state index contributed by atoms with van der Waals surface area (Å²) in [6.07, 6.45) is 9.38. The van der Waals surface area contributed by atoms with Crippen LogP contribution < -0.4 is 4.90 Å². The molecule has 1 aromatic rings. The van der Waals surface area contributed by atoms with E-state index < -0.39 is 0 Å². The van der Waals surface area contributed by atoms with Gasteiger partial charge in [-0.05, 0) is 49.8 Å². The van der Waals surface area contributed by atoms with E-state index in [0.29, 0.717) is 11.5 Å². The Labute approximate surface area is 165 Å². The van der Waals surface area contributed by atoms with E-state index in [1.807, 2.05) is 25.1 Å². The summed E-state index contributed by atoms with van der Waals surface area (Å²) in [6, 6.07) is 3.70. The molecule has 28 heavy (non-hydrogen) atoms. The van der Waals surface area contributed by atoms with Crippen LogP contribution in [0.3, 0.4) is 0 Å². The molecular weight excluding hydrogens is 352 g/mol. The van der Waals surface area contributed by atoms with Crippen molar-refractivity contribution >= 4 is 17.7 Å². The summed E-state index contributed by atoms with van der Waals surface area (Å²) in [5, 5.41) is 0. The molecule has 6 nitrogen and oxygen atoms in total. The number of cyclic esters (lactones) is 1. The number of rotatable bonds is 4. The van der Waals surface area contributed by atoms with E-state index in [2.05, 4.69) is 20.9 Å². The maximum atomic E-state index is 12.6. The van der Waals surface area contributed by atoms with Crippen LogP contribution in [0.4, 0.5) is 5.82 Å². The lowest BCUT2D eigenvalue weighted by atomic mass is 9.93. The number of carbonyl (C=O) groups is 1. The van der Waals surface area contributed by atoms with Crippen molar-refractivity contribution in [2.45, 2.75) is 32.2 Å². The van der Waals surface area contributed by atoms with Gasteiger partial charge >= 0.3 is 5.97 Å². The number of esters is 1. The molecule has 3 heterocycles. The Bertz CT molecular complexity index is 876. The number of hydrogen-bond acceptors (Lipinski definition) is 6. The number of aromatic nitrogens is 1. The Morgan fingerprint density at radius 2 is 2.04 bits per heavy atom. The number of allylic oxidation sites excluding steroid dienone is 2. The van der Waals surface area contributed by atoms with E-state index in [1.165, 1.54) is 19.4 Å². The lowest BCUT2D eigenvalue weighted by Gasteiger charge is -2.36. The molecule has 1 atom stereocenters. The summed E-state index contributed by atoms with van der Waals surface area (Å²) >= 11 is 0. The molecule has 0 aromatic carbocycles. The van der Waals surface area contributed by atoms with Crippen molar-refractivity contribution in [3.8, 4) is 0 Å². The summed E-state index contributed by atoms with van der Waals surface area (Å²) in [6.45, 7) is 7.16. The Morgan fingerprint density at radius 1 is 1.21 bits per heavy atom. The van der Waals surface area contributed by atoms with Gasteiger partial charge in [0.15, 0.2) is 0 Å². The highest BCUT2D eigenvalue weighted by Crippen LogP contribution is 2.32. The standard InChI is InChI=1S/C22H26N4O2/c1-15-4-2-6-18-19(15)22(27)28-21(24-18)17-5-3-9-23-20(17)26-12-10-25(11-13-26)14-16-7-8-16/h2-5,9,16,18H,6-8,10-14H2,1H3. The first-order valence-electron chi connectivity index (χ1n) is 10.3. The fourth-order valence-corrected chi connectivity index (χ4v) is 4.32. The van der Waals surface area contributed by atoms with Crippen molar-refractivity contribution in [1.82, 2.24) is 9.88 Å². The second-order valence-corrected chi connectivity index (χ2v) is 8.18. The topological polar surface area (TPSA) is 58.0 Å². The Kier molecular flexibility index (Phi) is 4.51. The summed E-state index contributed by atoms with van der Waals surface area (Å²) in [7, 11) is 0. The third-order valence-electron chi connectivity index (χ3n) is 6.07. The van der Waals surface area contributed by atoms with Gasteiger partial charge in [-0.15, -0.1) is 0 Å². The van der Waals surface area contributed by atoms with Gasteiger partial charge in [-0.3, -0.25) is 4.90 Å². The van der Waals surface area contributed by atoms with Gasteiger partial charge in [-0.2, -0.15) is 0 Å². The molecule has 0 spiro atoms. The monoisotopic (exact) mass is 378 g/mol. The lowest BCUT2D eigenvalue weighted by Crippen LogP contribution is -2.47. The molecule has 2 fully saturated rings. The van der Waals surface area contributed by atoms with E-state index in [-0.39, 0.29) is 12.0 Å². The maximum Gasteiger partial charge on any atom is 0.343 e. The van der Waals surface area contributed by atoms with Crippen molar-refractivity contribution in [3.63, 3.8) is 0 Å². The molecule has 1 saturated heterocycles. The Hall–Kier alpha value is -2.47. The van der Waals surface area contributed by atoms with E-state index in [4.69, 9.17) is 9.73 Å². The van der Waals surface area contributed by atoms with Crippen molar-refractivity contribution < 1.29 is 9.53 Å². The molecular formula is C22H26N4O2. The molecule has 4 aliphatic rings. The van der Waals surface area contributed by atoms with Crippen LogP contribution >= 0.6 is 0 Å². The van der Waals surface area contributed by atoms with Gasteiger partial charge in [-0.1, -0.05) is 12.2 Å². The second-order valence-electron chi connectivity index (χ2n) is 8.18. The second kappa shape index (κ2) is 7.17. The molecule has 2 aliphatic heterocycles. The summed E-state index contributed by atoms with van der Waals surface area (Å²) in [5.74, 6) is 1.92. The Balaban J connectivity index is 1.38. The van der Waals surface area contributed by atoms with Crippen LogP contribution in [0.15, 0.2) is 46.6 Å². The predicted molar refractivity (Wildman–Crippen MR) is 108 cm³/mol. The van der Waals surface area contributed by atoms with Gasteiger partial charge in [-0.25, -0.2) is 14.8 Å². The molecule has 1 aromatic heterocycles. The first-order valence-corrected chi connectivity index (χ1v) is 10.3. The number of fused-ring (bicyclic) bond motifs is 1. The molecule has 146 valence electrons. The molecule has 0 radical (unpaired) electrons. The first kappa shape index (κ1) is 17.6. The van der Waals surface area contributed by atoms with Crippen LogP contribution in [-0.2, 0) is 9.53 Å². The normalized spacial score (nSPS) is 25.5. The molecule has 5 rings (SSSR count). The summed E-state index contributed by atoms with van der Waals surface area (Å²) in [4.78, 5) is 26.9. The zero-order valence-corrected chi connectivity index (χ0v) is 16.3. The summed E-state index contributed by atoms with van der Waals surface area (Å²) < 4.78 is 5.67. The van der Waals surface area contributed by atoms with E-state index in [9.17, 15) is 4.79 Å². The van der Waals surface area contributed by atoms with E-state index >= 15 is 0 Å². The first-order chi connectivity index (χ1) is 13.7. The number of hydrogen-bond donors (Lipinski definition) is 0. The number of nitrogens with zero attached hydrogens (tertiary/aromatic N) is 4. The highest BCUT2D eigenvalue weighted by atomic mass is 16.5. The van der Waals surface area contributed by atoms with Crippen molar-refractivity contribution in [3.05, 3.63) is 47.2 Å². The average molecular weight is 378 g/mol. The SMILES string of the molecule is CC1=C2C(=O)OC(c3cccnc3N3CCN(CC4CC4)CC3)=NC2CC=C1. The highest BCUT2D eigenvalue weighted by Gasteiger charge is 2.34. The summed E-state index contributed by atoms with van der Waals surface area (Å²) in [5.41, 5.74) is 2.45. The van der Waals surface area contributed by atoms with Gasteiger partial charge in [0.25, 0.3) is 0 Å². The van der Waals surface area contributed by atoms with Crippen LogP contribution in [-0.4, -0.2) is 60.5 Å². The van der Waals surface area contributed by atoms with Crippen LogP contribution in [0.2, 0.25) is 0 Å². The zero-order chi connectivity index (χ0) is 19.1. The largest absolute Gasteiger partial charge is 0.404 e. The molecule has 0 amide bonds. The highest BCUT2D eigenvalue weighted by molar-refractivity contribution is 6.10. The number of ether oxygens (including phenoxy) is 1. The van der Waals surface area contributed by atoms with Crippen LogP contribution in [0.1, 0.15) is 31.7 Å². The molecule has 1 saturated carbocycles. The lowest BCUT2D eigenvalue weighted by molar-refractivity contribution is -0.132. The van der Waals surface area contributed by atoms with Crippen molar-refractivity contribution in [1.29, 1.82) is 0 Å². The fourth-order valence-electron chi connectivity index (χ4n) is 4.32. The molecule has 0 N–H and O–H groups in total. The third kappa shape index (κ3) is 3.37. The maximum absolute atomic E-state index is 12.6. The minimum absolute atomic E-state index is 0.148. The van der Waals surface area contributed by atoms with Crippen molar-refractivity contribution in [2.75, 3.05) is 37.6 Å². The minimum atomic E-state index is -0.277. The molecule has 1 unspecified atom stereocenters. The number of anilines is 1. The number of aliphatic imine (C=N–C) groups is 1. The van der Waals surface area contributed by atoms with E-state index in [1.54, 1.807) is 6.20 Å². The number of pyridine rings is 1.